The second-order valence-electron chi connectivity index (χ2n) is 8.02. The highest BCUT2D eigenvalue weighted by Gasteiger charge is 2.43. The van der Waals surface area contributed by atoms with E-state index in [1.54, 1.807) is 13.1 Å². The molecule has 0 saturated heterocycles. The first kappa shape index (κ1) is 21.0. The summed E-state index contributed by atoms with van der Waals surface area (Å²) in [6, 6.07) is 9.85. The zero-order chi connectivity index (χ0) is 22.5. The Balaban J connectivity index is 1.66. The van der Waals surface area contributed by atoms with Crippen molar-refractivity contribution in [2.24, 2.45) is 0 Å². The van der Waals surface area contributed by atoms with Crippen LogP contribution < -0.4 is 5.32 Å². The van der Waals surface area contributed by atoms with E-state index in [1.165, 1.54) is 15.9 Å². The molecule has 8 heteroatoms. The molecule has 0 saturated carbocycles. The Labute approximate surface area is 178 Å². The van der Waals surface area contributed by atoms with Crippen LogP contribution in [0.1, 0.15) is 33.9 Å². The van der Waals surface area contributed by atoms with E-state index in [4.69, 9.17) is 0 Å². The number of alkyl halides is 3. The fraction of sp³-hybridized carbons (Fsp3) is 0.304. The van der Waals surface area contributed by atoms with Gasteiger partial charge in [-0.25, -0.2) is 4.79 Å². The number of hydrogen-bond donors (Lipinski definition) is 1. The number of aryl methyl sites for hydroxylation is 2. The molecule has 5 nitrogen and oxygen atoms in total. The minimum atomic E-state index is -4.45. The van der Waals surface area contributed by atoms with E-state index < -0.39 is 17.8 Å². The average Bonchev–Trinajstić information content (AvgIpc) is 3.01. The van der Waals surface area contributed by atoms with Crippen molar-refractivity contribution < 1.29 is 22.8 Å². The van der Waals surface area contributed by atoms with E-state index in [-0.39, 0.29) is 25.0 Å². The Hall–Kier alpha value is -3.29. The lowest BCUT2D eigenvalue weighted by Gasteiger charge is -2.31. The Bertz CT molecular complexity index is 1110. The van der Waals surface area contributed by atoms with Crippen LogP contribution in [-0.2, 0) is 17.5 Å². The summed E-state index contributed by atoms with van der Waals surface area (Å²) < 4.78 is 39.2. The Morgan fingerprint density at radius 3 is 2.52 bits per heavy atom. The van der Waals surface area contributed by atoms with Crippen LogP contribution in [0.5, 0.6) is 0 Å². The van der Waals surface area contributed by atoms with Gasteiger partial charge < -0.3 is 10.2 Å². The van der Waals surface area contributed by atoms with Crippen molar-refractivity contribution in [1.82, 2.24) is 15.1 Å². The lowest BCUT2D eigenvalue weighted by molar-refractivity contribution is -0.137. The van der Waals surface area contributed by atoms with Crippen LogP contribution in [-0.4, -0.2) is 35.3 Å². The number of halogens is 3. The molecule has 1 N–H and O–H groups in total. The molecule has 1 atom stereocenters. The van der Waals surface area contributed by atoms with Gasteiger partial charge in [0.2, 0.25) is 0 Å². The van der Waals surface area contributed by atoms with E-state index in [0.29, 0.717) is 16.8 Å². The van der Waals surface area contributed by atoms with E-state index in [1.807, 2.05) is 32.0 Å². The average molecular weight is 429 g/mol. The van der Waals surface area contributed by atoms with E-state index in [9.17, 15) is 22.8 Å². The van der Waals surface area contributed by atoms with E-state index in [2.05, 4.69) is 5.32 Å². The molecule has 0 bridgehead atoms. The first-order chi connectivity index (χ1) is 14.6. The second-order valence-corrected chi connectivity index (χ2v) is 8.02. The van der Waals surface area contributed by atoms with Gasteiger partial charge in [0.05, 0.1) is 29.4 Å². The maximum absolute atomic E-state index is 13.3. The van der Waals surface area contributed by atoms with Crippen LogP contribution in [0.4, 0.5) is 18.0 Å². The van der Waals surface area contributed by atoms with Gasteiger partial charge in [0.25, 0.3) is 5.91 Å². The Kier molecular flexibility index (Phi) is 5.03. The maximum Gasteiger partial charge on any atom is 0.416 e. The third-order valence-corrected chi connectivity index (χ3v) is 5.80. The quantitative estimate of drug-likeness (QED) is 0.790. The molecule has 1 unspecified atom stereocenters. The number of rotatable bonds is 3. The predicted molar refractivity (Wildman–Crippen MR) is 109 cm³/mol. The molecular formula is C23H22F3N3O2. The molecule has 2 heterocycles. The molecule has 2 aliphatic rings. The molecule has 0 spiro atoms. The maximum atomic E-state index is 13.3. The van der Waals surface area contributed by atoms with E-state index >= 15 is 0 Å². The first-order valence-corrected chi connectivity index (χ1v) is 9.86. The number of carbonyl (C=O) groups is 2. The van der Waals surface area contributed by atoms with Crippen molar-refractivity contribution in [2.75, 3.05) is 13.6 Å². The summed E-state index contributed by atoms with van der Waals surface area (Å²) >= 11 is 0. The summed E-state index contributed by atoms with van der Waals surface area (Å²) in [5.74, 6) is -0.288. The van der Waals surface area contributed by atoms with Gasteiger partial charge in [-0.3, -0.25) is 9.69 Å². The largest absolute Gasteiger partial charge is 0.416 e. The number of nitrogens with one attached hydrogen (secondary N) is 1. The SMILES string of the molecule is Cc1ccc(C2NC(=O)N(C)C3=C2C(=O)N(Cc2cccc(C(F)(F)F)c2)C3)c(C)c1. The standard InChI is InChI=1S/C23H22F3N3O2/c1-13-7-8-17(14(2)9-13)20-19-18(28(3)22(31)27-20)12-29(21(19)30)11-15-5-4-6-16(10-15)23(24,25)26/h4-10,20H,11-12H2,1-3H3,(H,27,31). The lowest BCUT2D eigenvalue weighted by atomic mass is 9.91. The Morgan fingerprint density at radius 2 is 1.84 bits per heavy atom. The third-order valence-electron chi connectivity index (χ3n) is 5.80. The minimum absolute atomic E-state index is 0.0252. The fourth-order valence-electron chi connectivity index (χ4n) is 4.20. The molecule has 3 amide bonds. The monoisotopic (exact) mass is 429 g/mol. The summed E-state index contributed by atoms with van der Waals surface area (Å²) in [4.78, 5) is 28.7. The number of hydrogen-bond acceptors (Lipinski definition) is 2. The molecule has 2 aromatic carbocycles. The van der Waals surface area contributed by atoms with Crippen LogP contribution in [0.2, 0.25) is 0 Å². The number of carbonyl (C=O) groups excluding carboxylic acids is 2. The molecular weight excluding hydrogens is 407 g/mol. The summed E-state index contributed by atoms with van der Waals surface area (Å²) in [6.45, 7) is 4.08. The topological polar surface area (TPSA) is 52.7 Å². The molecule has 0 radical (unpaired) electrons. The van der Waals surface area contributed by atoms with Gasteiger partial charge in [-0.2, -0.15) is 13.2 Å². The van der Waals surface area contributed by atoms with Crippen LogP contribution in [0.25, 0.3) is 0 Å². The van der Waals surface area contributed by atoms with Crippen molar-refractivity contribution in [2.45, 2.75) is 32.6 Å². The van der Waals surface area contributed by atoms with Crippen LogP contribution >= 0.6 is 0 Å². The third kappa shape index (κ3) is 3.78. The smallest absolute Gasteiger partial charge is 0.329 e. The summed E-state index contributed by atoms with van der Waals surface area (Å²) in [6.07, 6.45) is -4.45. The molecule has 31 heavy (non-hydrogen) atoms. The highest BCUT2D eigenvalue weighted by molar-refractivity contribution is 6.01. The number of nitrogens with zero attached hydrogens (tertiary/aromatic N) is 2. The summed E-state index contributed by atoms with van der Waals surface area (Å²) in [5, 5.41) is 2.89. The van der Waals surface area contributed by atoms with Gasteiger partial charge in [-0.15, -0.1) is 0 Å². The van der Waals surface area contributed by atoms with Crippen LogP contribution in [0.3, 0.4) is 0 Å². The fourth-order valence-corrected chi connectivity index (χ4v) is 4.20. The zero-order valence-corrected chi connectivity index (χ0v) is 17.4. The molecule has 2 aliphatic heterocycles. The number of urea groups is 1. The van der Waals surface area contributed by atoms with Gasteiger partial charge >= 0.3 is 12.2 Å². The van der Waals surface area contributed by atoms with Crippen molar-refractivity contribution in [1.29, 1.82) is 0 Å². The van der Waals surface area contributed by atoms with E-state index in [0.717, 1.165) is 28.8 Å². The van der Waals surface area contributed by atoms with Crippen LogP contribution in [0.15, 0.2) is 53.7 Å². The lowest BCUT2D eigenvalue weighted by Crippen LogP contribution is -2.45. The highest BCUT2D eigenvalue weighted by atomic mass is 19.4. The minimum Gasteiger partial charge on any atom is -0.329 e. The van der Waals surface area contributed by atoms with Gasteiger partial charge in [0, 0.05) is 13.6 Å². The number of amides is 3. The van der Waals surface area contributed by atoms with Crippen molar-refractivity contribution >= 4 is 11.9 Å². The normalized spacial score (nSPS) is 19.1. The van der Waals surface area contributed by atoms with Gasteiger partial charge in [0.15, 0.2) is 0 Å². The molecule has 2 aromatic rings. The van der Waals surface area contributed by atoms with Gasteiger partial charge in [-0.1, -0.05) is 35.9 Å². The number of likely N-dealkylation sites (N-methyl/N-ethyl adjacent to an activating group) is 1. The molecule has 0 aliphatic carbocycles. The zero-order valence-electron chi connectivity index (χ0n) is 17.4. The second kappa shape index (κ2) is 7.44. The molecule has 162 valence electrons. The van der Waals surface area contributed by atoms with Crippen molar-refractivity contribution in [3.05, 3.63) is 81.6 Å². The van der Waals surface area contributed by atoms with Crippen molar-refractivity contribution in [3.63, 3.8) is 0 Å². The molecule has 0 fully saturated rings. The first-order valence-electron chi connectivity index (χ1n) is 9.86. The van der Waals surface area contributed by atoms with Crippen LogP contribution in [0, 0.1) is 13.8 Å². The Morgan fingerprint density at radius 1 is 1.10 bits per heavy atom. The molecule has 0 aromatic heterocycles. The van der Waals surface area contributed by atoms with Crippen molar-refractivity contribution in [3.8, 4) is 0 Å². The number of benzene rings is 2. The predicted octanol–water partition coefficient (Wildman–Crippen LogP) is 4.31. The highest BCUT2D eigenvalue weighted by Crippen LogP contribution is 2.37. The molecule has 4 rings (SSSR count). The summed E-state index contributed by atoms with van der Waals surface area (Å²) in [5.41, 5.74) is 3.51. The summed E-state index contributed by atoms with van der Waals surface area (Å²) in [7, 11) is 1.59. The van der Waals surface area contributed by atoms with Gasteiger partial charge in [0.1, 0.15) is 0 Å². The van der Waals surface area contributed by atoms with Gasteiger partial charge in [-0.05, 0) is 42.7 Å².